The summed E-state index contributed by atoms with van der Waals surface area (Å²) in [4.78, 5) is 21.2. The first-order chi connectivity index (χ1) is 5.02. The van der Waals surface area contributed by atoms with Crippen LogP contribution in [0.1, 0.15) is 20.8 Å². The Bertz CT molecular complexity index is 183. The van der Waals surface area contributed by atoms with Crippen LogP contribution in [-0.4, -0.2) is 17.7 Å². The van der Waals surface area contributed by atoms with E-state index in [1.807, 2.05) is 13.8 Å². The first-order valence-electron chi connectivity index (χ1n) is 3.51. The van der Waals surface area contributed by atoms with Crippen molar-refractivity contribution in [2.75, 3.05) is 0 Å². The summed E-state index contributed by atoms with van der Waals surface area (Å²) in [5.74, 6) is -0.348. The third-order valence-electron chi connectivity index (χ3n) is 0.900. The number of carbonyl (C=O) groups is 2. The molecule has 0 saturated carbocycles. The highest BCUT2D eigenvalue weighted by atomic mass is 16.1. The Morgan fingerprint density at radius 3 is 2.18 bits per heavy atom. The Morgan fingerprint density at radius 1 is 1.27 bits per heavy atom. The molecule has 0 bridgehead atoms. The molecule has 0 radical (unpaired) electrons. The Balaban J connectivity index is 3.78. The third kappa shape index (κ3) is 6.77. The summed E-state index contributed by atoms with van der Waals surface area (Å²) >= 11 is 0. The maximum Gasteiger partial charge on any atom is 0.244 e. The molecule has 0 rings (SSSR count). The molecular weight excluding hydrogens is 142 g/mol. The lowest BCUT2D eigenvalue weighted by molar-refractivity contribution is -0.117. The zero-order valence-corrected chi connectivity index (χ0v) is 7.05. The molecule has 3 nitrogen and oxygen atoms in total. The molecule has 0 aliphatic carbocycles. The van der Waals surface area contributed by atoms with Gasteiger partial charge < -0.3 is 5.32 Å². The van der Waals surface area contributed by atoms with Crippen LogP contribution in [0.4, 0.5) is 0 Å². The minimum atomic E-state index is -0.227. The van der Waals surface area contributed by atoms with Crippen molar-refractivity contribution < 1.29 is 9.59 Å². The van der Waals surface area contributed by atoms with E-state index in [-0.39, 0.29) is 17.7 Å². The Hall–Kier alpha value is -1.12. The summed E-state index contributed by atoms with van der Waals surface area (Å²) in [6, 6.07) is 0.110. The fourth-order valence-corrected chi connectivity index (χ4v) is 0.526. The zero-order valence-electron chi connectivity index (χ0n) is 7.05. The molecule has 0 heterocycles. The van der Waals surface area contributed by atoms with Gasteiger partial charge in [0.15, 0.2) is 5.78 Å². The van der Waals surface area contributed by atoms with Crippen molar-refractivity contribution in [1.82, 2.24) is 5.32 Å². The zero-order chi connectivity index (χ0) is 8.85. The van der Waals surface area contributed by atoms with E-state index in [4.69, 9.17) is 0 Å². The summed E-state index contributed by atoms with van der Waals surface area (Å²) in [6.07, 6.45) is 2.49. The molecule has 0 aliphatic rings. The Morgan fingerprint density at radius 2 is 1.82 bits per heavy atom. The summed E-state index contributed by atoms with van der Waals surface area (Å²) in [5, 5.41) is 2.62. The predicted molar refractivity (Wildman–Crippen MR) is 43.1 cm³/mol. The van der Waals surface area contributed by atoms with E-state index < -0.39 is 0 Å². The van der Waals surface area contributed by atoms with E-state index in [0.717, 1.165) is 0 Å². The average Bonchev–Trinajstić information content (AvgIpc) is 1.82. The first kappa shape index (κ1) is 9.88. The summed E-state index contributed by atoms with van der Waals surface area (Å²) in [5.41, 5.74) is 0. The van der Waals surface area contributed by atoms with Crippen LogP contribution in [0.5, 0.6) is 0 Å². The molecule has 0 saturated heterocycles. The van der Waals surface area contributed by atoms with Gasteiger partial charge in [-0.3, -0.25) is 9.59 Å². The standard InChI is InChI=1S/C8H13NO2/c1-6(2)9-8(11)5-4-7(3)10/h4-6H,1-3H3,(H,9,11)/b5-4-. The van der Waals surface area contributed by atoms with Gasteiger partial charge in [-0.2, -0.15) is 0 Å². The average molecular weight is 155 g/mol. The lowest BCUT2D eigenvalue weighted by Gasteiger charge is -2.03. The number of hydrogen-bond acceptors (Lipinski definition) is 2. The molecule has 3 heteroatoms. The molecule has 0 unspecified atom stereocenters. The van der Waals surface area contributed by atoms with Crippen molar-refractivity contribution in [3.63, 3.8) is 0 Å². The predicted octanol–water partition coefficient (Wildman–Crippen LogP) is 0.656. The van der Waals surface area contributed by atoms with E-state index in [2.05, 4.69) is 5.32 Å². The van der Waals surface area contributed by atoms with Gasteiger partial charge in [0.25, 0.3) is 0 Å². The van der Waals surface area contributed by atoms with Crippen LogP contribution in [0.2, 0.25) is 0 Å². The fourth-order valence-electron chi connectivity index (χ4n) is 0.526. The number of ketones is 1. The van der Waals surface area contributed by atoms with Gasteiger partial charge in [0.1, 0.15) is 0 Å². The number of allylic oxidation sites excluding steroid dienone is 1. The minimum Gasteiger partial charge on any atom is -0.350 e. The van der Waals surface area contributed by atoms with Gasteiger partial charge in [-0.15, -0.1) is 0 Å². The molecule has 1 amide bonds. The van der Waals surface area contributed by atoms with E-state index in [1.165, 1.54) is 19.1 Å². The van der Waals surface area contributed by atoms with Crippen LogP contribution in [0, 0.1) is 0 Å². The molecule has 0 aromatic heterocycles. The largest absolute Gasteiger partial charge is 0.350 e. The third-order valence-corrected chi connectivity index (χ3v) is 0.900. The van der Waals surface area contributed by atoms with Crippen molar-refractivity contribution in [3.05, 3.63) is 12.2 Å². The monoisotopic (exact) mass is 155 g/mol. The van der Waals surface area contributed by atoms with Crippen molar-refractivity contribution >= 4 is 11.7 Å². The molecule has 0 aromatic rings. The minimum absolute atomic E-state index is 0.110. The van der Waals surface area contributed by atoms with E-state index in [1.54, 1.807) is 0 Å². The molecule has 0 aromatic carbocycles. The number of rotatable bonds is 3. The van der Waals surface area contributed by atoms with Crippen LogP contribution >= 0.6 is 0 Å². The molecule has 62 valence electrons. The van der Waals surface area contributed by atoms with Crippen LogP contribution in [0.3, 0.4) is 0 Å². The maximum absolute atomic E-state index is 10.8. The maximum atomic E-state index is 10.8. The molecule has 0 atom stereocenters. The molecule has 11 heavy (non-hydrogen) atoms. The van der Waals surface area contributed by atoms with E-state index in [9.17, 15) is 9.59 Å². The highest BCUT2D eigenvalue weighted by molar-refractivity contribution is 5.96. The number of hydrogen-bond donors (Lipinski definition) is 1. The molecule has 0 aliphatic heterocycles. The Kier molecular flexibility index (Phi) is 4.18. The second kappa shape index (κ2) is 4.66. The highest BCUT2D eigenvalue weighted by Gasteiger charge is 1.96. The number of nitrogens with one attached hydrogen (secondary N) is 1. The normalized spacial score (nSPS) is 10.5. The van der Waals surface area contributed by atoms with Gasteiger partial charge in [-0.1, -0.05) is 0 Å². The van der Waals surface area contributed by atoms with Gasteiger partial charge in [0, 0.05) is 12.1 Å². The van der Waals surface area contributed by atoms with Crippen molar-refractivity contribution in [2.24, 2.45) is 0 Å². The van der Waals surface area contributed by atoms with Gasteiger partial charge in [0.05, 0.1) is 0 Å². The van der Waals surface area contributed by atoms with Gasteiger partial charge in [-0.05, 0) is 26.8 Å². The van der Waals surface area contributed by atoms with E-state index in [0.29, 0.717) is 0 Å². The van der Waals surface area contributed by atoms with E-state index >= 15 is 0 Å². The highest BCUT2D eigenvalue weighted by Crippen LogP contribution is 1.80. The molecule has 0 fully saturated rings. The summed E-state index contributed by atoms with van der Waals surface area (Å²) in [7, 11) is 0. The smallest absolute Gasteiger partial charge is 0.244 e. The fraction of sp³-hybridized carbons (Fsp3) is 0.500. The second-order valence-electron chi connectivity index (χ2n) is 2.61. The number of carbonyl (C=O) groups excluding carboxylic acids is 2. The van der Waals surface area contributed by atoms with Gasteiger partial charge in [0.2, 0.25) is 5.91 Å². The second-order valence-corrected chi connectivity index (χ2v) is 2.61. The lowest BCUT2D eigenvalue weighted by Crippen LogP contribution is -2.28. The lowest BCUT2D eigenvalue weighted by atomic mass is 10.3. The van der Waals surface area contributed by atoms with Crippen LogP contribution in [-0.2, 0) is 9.59 Å². The summed E-state index contributed by atoms with van der Waals surface area (Å²) < 4.78 is 0. The Labute approximate surface area is 66.5 Å². The quantitative estimate of drug-likeness (QED) is 0.608. The SMILES string of the molecule is CC(=O)/C=C\C(=O)NC(C)C. The summed E-state index contributed by atoms with van der Waals surface area (Å²) in [6.45, 7) is 5.12. The molecule has 0 spiro atoms. The first-order valence-corrected chi connectivity index (χ1v) is 3.51. The topological polar surface area (TPSA) is 46.2 Å². The molecular formula is C8H13NO2. The van der Waals surface area contributed by atoms with Gasteiger partial charge in [-0.25, -0.2) is 0 Å². The number of amides is 1. The van der Waals surface area contributed by atoms with Crippen molar-refractivity contribution in [2.45, 2.75) is 26.8 Å². The van der Waals surface area contributed by atoms with Gasteiger partial charge >= 0.3 is 0 Å². The van der Waals surface area contributed by atoms with Crippen LogP contribution in [0.25, 0.3) is 0 Å². The van der Waals surface area contributed by atoms with Crippen molar-refractivity contribution in [1.29, 1.82) is 0 Å². The molecule has 1 N–H and O–H groups in total. The van der Waals surface area contributed by atoms with Crippen LogP contribution < -0.4 is 5.32 Å². The van der Waals surface area contributed by atoms with Crippen molar-refractivity contribution in [3.8, 4) is 0 Å². The van der Waals surface area contributed by atoms with Crippen LogP contribution in [0.15, 0.2) is 12.2 Å².